The van der Waals surface area contributed by atoms with Gasteiger partial charge >= 0.3 is 5.97 Å². The van der Waals surface area contributed by atoms with Crippen LogP contribution in [0.15, 0.2) is 54.6 Å². The molecule has 0 aliphatic heterocycles. The summed E-state index contributed by atoms with van der Waals surface area (Å²) < 4.78 is 0. The van der Waals surface area contributed by atoms with Gasteiger partial charge in [0.2, 0.25) is 0 Å². The SMILES string of the molecule is Cc1cccc(/C(=C\c2ccccc2)C(=O)O)c1. The first kappa shape index (κ1) is 12.1. The lowest BCUT2D eigenvalue weighted by atomic mass is 10.0. The van der Waals surface area contributed by atoms with Crippen molar-refractivity contribution in [2.24, 2.45) is 0 Å². The summed E-state index contributed by atoms with van der Waals surface area (Å²) in [6.45, 7) is 1.95. The first-order valence-electron chi connectivity index (χ1n) is 5.74. The third-order valence-corrected chi connectivity index (χ3v) is 2.67. The number of benzene rings is 2. The van der Waals surface area contributed by atoms with Crippen LogP contribution in [0.4, 0.5) is 0 Å². The Kier molecular flexibility index (Phi) is 3.58. The van der Waals surface area contributed by atoms with Crippen molar-refractivity contribution in [1.82, 2.24) is 0 Å². The highest BCUT2D eigenvalue weighted by molar-refractivity contribution is 6.20. The molecule has 0 aromatic heterocycles. The number of carboxylic acids is 1. The van der Waals surface area contributed by atoms with Gasteiger partial charge in [0.15, 0.2) is 0 Å². The van der Waals surface area contributed by atoms with Crippen molar-refractivity contribution in [3.63, 3.8) is 0 Å². The predicted molar refractivity (Wildman–Crippen MR) is 73.1 cm³/mol. The molecule has 0 saturated heterocycles. The average Bonchev–Trinajstić information content (AvgIpc) is 2.37. The Bertz CT molecular complexity index is 583. The fourth-order valence-electron chi connectivity index (χ4n) is 1.80. The predicted octanol–water partition coefficient (Wildman–Crippen LogP) is 3.62. The second-order valence-corrected chi connectivity index (χ2v) is 4.14. The number of hydrogen-bond donors (Lipinski definition) is 1. The van der Waals surface area contributed by atoms with Crippen LogP contribution in [0, 0.1) is 6.92 Å². The Balaban J connectivity index is 2.47. The summed E-state index contributed by atoms with van der Waals surface area (Å²) in [5.74, 6) is -0.913. The Morgan fingerprint density at radius 1 is 1.06 bits per heavy atom. The van der Waals surface area contributed by atoms with Gasteiger partial charge in [0.25, 0.3) is 0 Å². The van der Waals surface area contributed by atoms with Gasteiger partial charge in [-0.3, -0.25) is 0 Å². The molecule has 1 N–H and O–H groups in total. The van der Waals surface area contributed by atoms with Gasteiger partial charge in [-0.25, -0.2) is 4.79 Å². The summed E-state index contributed by atoms with van der Waals surface area (Å²) in [6.07, 6.45) is 1.69. The van der Waals surface area contributed by atoms with Crippen LogP contribution in [-0.2, 0) is 4.79 Å². The van der Waals surface area contributed by atoms with E-state index in [1.165, 1.54) is 0 Å². The summed E-state index contributed by atoms with van der Waals surface area (Å²) >= 11 is 0. The van der Waals surface area contributed by atoms with E-state index in [-0.39, 0.29) is 0 Å². The molecule has 0 heterocycles. The van der Waals surface area contributed by atoms with Crippen LogP contribution >= 0.6 is 0 Å². The molecule has 2 aromatic rings. The Labute approximate surface area is 106 Å². The zero-order valence-corrected chi connectivity index (χ0v) is 10.1. The van der Waals surface area contributed by atoms with E-state index in [2.05, 4.69) is 0 Å². The molecule has 0 spiro atoms. The number of hydrogen-bond acceptors (Lipinski definition) is 1. The lowest BCUT2D eigenvalue weighted by Crippen LogP contribution is -1.99. The molecule has 0 atom stereocenters. The van der Waals surface area contributed by atoms with Gasteiger partial charge in [-0.2, -0.15) is 0 Å². The molecule has 0 saturated carbocycles. The first-order chi connectivity index (χ1) is 8.66. The number of aryl methyl sites for hydroxylation is 1. The van der Waals surface area contributed by atoms with E-state index >= 15 is 0 Å². The molecule has 0 bridgehead atoms. The van der Waals surface area contributed by atoms with Gasteiger partial charge in [0, 0.05) is 0 Å². The molecule has 0 amide bonds. The van der Waals surface area contributed by atoms with Gasteiger partial charge in [-0.1, -0.05) is 60.2 Å². The van der Waals surface area contributed by atoms with Gasteiger partial charge in [0.05, 0.1) is 5.57 Å². The Hall–Kier alpha value is -2.35. The van der Waals surface area contributed by atoms with Crippen molar-refractivity contribution < 1.29 is 9.90 Å². The Morgan fingerprint density at radius 3 is 2.39 bits per heavy atom. The summed E-state index contributed by atoms with van der Waals surface area (Å²) in [4.78, 5) is 11.3. The van der Waals surface area contributed by atoms with Crippen molar-refractivity contribution in [2.75, 3.05) is 0 Å². The summed E-state index contributed by atoms with van der Waals surface area (Å²) in [6, 6.07) is 17.0. The normalized spacial score (nSPS) is 11.3. The van der Waals surface area contributed by atoms with Crippen molar-refractivity contribution in [3.05, 3.63) is 71.3 Å². The van der Waals surface area contributed by atoms with Crippen LogP contribution in [-0.4, -0.2) is 11.1 Å². The van der Waals surface area contributed by atoms with Crippen molar-refractivity contribution in [1.29, 1.82) is 0 Å². The highest BCUT2D eigenvalue weighted by Crippen LogP contribution is 2.19. The molecule has 0 aliphatic carbocycles. The smallest absolute Gasteiger partial charge is 0.336 e. The third-order valence-electron chi connectivity index (χ3n) is 2.67. The van der Waals surface area contributed by atoms with E-state index in [4.69, 9.17) is 0 Å². The van der Waals surface area contributed by atoms with Crippen molar-refractivity contribution in [2.45, 2.75) is 6.92 Å². The summed E-state index contributed by atoms with van der Waals surface area (Å²) in [5, 5.41) is 9.31. The fourth-order valence-corrected chi connectivity index (χ4v) is 1.80. The van der Waals surface area contributed by atoms with Gasteiger partial charge in [-0.05, 0) is 24.1 Å². The molecule has 90 valence electrons. The zero-order valence-electron chi connectivity index (χ0n) is 10.1. The third kappa shape index (κ3) is 2.86. The minimum Gasteiger partial charge on any atom is -0.478 e. The van der Waals surface area contributed by atoms with Gasteiger partial charge in [0.1, 0.15) is 0 Å². The van der Waals surface area contributed by atoms with Gasteiger partial charge in [-0.15, -0.1) is 0 Å². The maximum atomic E-state index is 11.3. The number of carboxylic acid groups (broad SMARTS) is 1. The Morgan fingerprint density at radius 2 is 1.78 bits per heavy atom. The first-order valence-corrected chi connectivity index (χ1v) is 5.74. The number of aliphatic carboxylic acids is 1. The number of rotatable bonds is 3. The minimum absolute atomic E-state index is 0.310. The molecule has 18 heavy (non-hydrogen) atoms. The molecule has 2 nitrogen and oxygen atoms in total. The molecule has 2 rings (SSSR count). The molecule has 2 aromatic carbocycles. The molecule has 0 radical (unpaired) electrons. The quantitative estimate of drug-likeness (QED) is 0.655. The molecule has 2 heteroatoms. The van der Waals surface area contributed by atoms with Crippen molar-refractivity contribution in [3.8, 4) is 0 Å². The van der Waals surface area contributed by atoms with Crippen LogP contribution in [0.3, 0.4) is 0 Å². The van der Waals surface area contributed by atoms with Crippen LogP contribution in [0.2, 0.25) is 0 Å². The van der Waals surface area contributed by atoms with Crippen LogP contribution < -0.4 is 0 Å². The summed E-state index contributed by atoms with van der Waals surface area (Å²) in [7, 11) is 0. The van der Waals surface area contributed by atoms with E-state index in [9.17, 15) is 9.90 Å². The standard InChI is InChI=1S/C16H14O2/c1-12-6-5-9-14(10-12)15(16(17)18)11-13-7-3-2-4-8-13/h2-11H,1H3,(H,17,18)/b15-11+. The highest BCUT2D eigenvalue weighted by atomic mass is 16.4. The lowest BCUT2D eigenvalue weighted by Gasteiger charge is -2.04. The fraction of sp³-hybridized carbons (Fsp3) is 0.0625. The molecular formula is C16H14O2. The molecular weight excluding hydrogens is 224 g/mol. The highest BCUT2D eigenvalue weighted by Gasteiger charge is 2.10. The van der Waals surface area contributed by atoms with Crippen LogP contribution in [0.5, 0.6) is 0 Å². The second-order valence-electron chi connectivity index (χ2n) is 4.14. The second kappa shape index (κ2) is 5.32. The maximum absolute atomic E-state index is 11.3. The average molecular weight is 238 g/mol. The van der Waals surface area contributed by atoms with Crippen LogP contribution in [0.1, 0.15) is 16.7 Å². The zero-order chi connectivity index (χ0) is 13.0. The van der Waals surface area contributed by atoms with E-state index in [0.717, 1.165) is 16.7 Å². The van der Waals surface area contributed by atoms with Crippen molar-refractivity contribution >= 4 is 17.6 Å². The minimum atomic E-state index is -0.913. The monoisotopic (exact) mass is 238 g/mol. The molecule has 0 aliphatic rings. The lowest BCUT2D eigenvalue weighted by molar-refractivity contribution is -0.130. The van der Waals surface area contributed by atoms with Gasteiger partial charge < -0.3 is 5.11 Å². The largest absolute Gasteiger partial charge is 0.478 e. The van der Waals surface area contributed by atoms with E-state index < -0.39 is 5.97 Å². The van der Waals surface area contributed by atoms with E-state index in [1.807, 2.05) is 61.5 Å². The topological polar surface area (TPSA) is 37.3 Å². The molecule has 0 fully saturated rings. The van der Waals surface area contributed by atoms with Crippen LogP contribution in [0.25, 0.3) is 11.6 Å². The maximum Gasteiger partial charge on any atom is 0.336 e. The van der Waals surface area contributed by atoms with E-state index in [0.29, 0.717) is 5.57 Å². The number of carbonyl (C=O) groups is 1. The molecule has 0 unspecified atom stereocenters. The summed E-state index contributed by atoms with van der Waals surface area (Å²) in [5.41, 5.74) is 2.97. The van der Waals surface area contributed by atoms with E-state index in [1.54, 1.807) is 6.08 Å².